The first-order chi connectivity index (χ1) is 7.77. The molecule has 0 spiro atoms. The fraction of sp³-hybridized carbons (Fsp3) is 0.583. The summed E-state index contributed by atoms with van der Waals surface area (Å²) >= 11 is 0. The summed E-state index contributed by atoms with van der Waals surface area (Å²) in [5.41, 5.74) is 2.08. The Morgan fingerprint density at radius 1 is 1.44 bits per heavy atom. The van der Waals surface area contributed by atoms with Gasteiger partial charge in [-0.25, -0.2) is 0 Å². The SMILES string of the molecule is Cc1nccc(OCC2COCCO2)c1C. The van der Waals surface area contributed by atoms with E-state index in [1.807, 2.05) is 19.9 Å². The average Bonchev–Trinajstić information content (AvgIpc) is 2.32. The first-order valence-electron chi connectivity index (χ1n) is 5.51. The summed E-state index contributed by atoms with van der Waals surface area (Å²) in [4.78, 5) is 4.20. The number of ether oxygens (including phenoxy) is 3. The van der Waals surface area contributed by atoms with Crippen molar-refractivity contribution in [2.45, 2.75) is 20.0 Å². The van der Waals surface area contributed by atoms with Crippen molar-refractivity contribution in [1.82, 2.24) is 4.98 Å². The summed E-state index contributed by atoms with van der Waals surface area (Å²) in [5.74, 6) is 0.877. The molecule has 1 unspecified atom stereocenters. The molecule has 0 amide bonds. The van der Waals surface area contributed by atoms with E-state index < -0.39 is 0 Å². The summed E-state index contributed by atoms with van der Waals surface area (Å²) in [6, 6.07) is 1.88. The van der Waals surface area contributed by atoms with E-state index in [1.54, 1.807) is 6.20 Å². The van der Waals surface area contributed by atoms with Crippen molar-refractivity contribution in [2.75, 3.05) is 26.4 Å². The molecule has 0 radical (unpaired) electrons. The number of pyridine rings is 1. The van der Waals surface area contributed by atoms with Crippen LogP contribution in [-0.4, -0.2) is 37.5 Å². The smallest absolute Gasteiger partial charge is 0.125 e. The number of hydrogen-bond donors (Lipinski definition) is 0. The van der Waals surface area contributed by atoms with Crippen LogP contribution in [0.2, 0.25) is 0 Å². The topological polar surface area (TPSA) is 40.6 Å². The van der Waals surface area contributed by atoms with Gasteiger partial charge in [-0.05, 0) is 19.9 Å². The molecule has 2 heterocycles. The monoisotopic (exact) mass is 223 g/mol. The zero-order valence-electron chi connectivity index (χ0n) is 9.73. The maximum absolute atomic E-state index is 5.71. The Balaban J connectivity index is 1.91. The molecule has 1 aromatic heterocycles. The van der Waals surface area contributed by atoms with E-state index in [2.05, 4.69) is 4.98 Å². The summed E-state index contributed by atoms with van der Waals surface area (Å²) < 4.78 is 16.5. The quantitative estimate of drug-likeness (QED) is 0.778. The Morgan fingerprint density at radius 3 is 3.06 bits per heavy atom. The van der Waals surface area contributed by atoms with Gasteiger partial charge in [-0.3, -0.25) is 4.98 Å². The molecular weight excluding hydrogens is 206 g/mol. The fourth-order valence-electron chi connectivity index (χ4n) is 1.59. The maximum atomic E-state index is 5.71. The number of hydrogen-bond acceptors (Lipinski definition) is 4. The zero-order valence-corrected chi connectivity index (χ0v) is 9.73. The molecule has 0 N–H and O–H groups in total. The summed E-state index contributed by atoms with van der Waals surface area (Å²) in [6.07, 6.45) is 1.80. The fourth-order valence-corrected chi connectivity index (χ4v) is 1.59. The predicted octanol–water partition coefficient (Wildman–Crippen LogP) is 1.49. The van der Waals surface area contributed by atoms with Crippen molar-refractivity contribution in [3.63, 3.8) is 0 Å². The molecule has 88 valence electrons. The summed E-state index contributed by atoms with van der Waals surface area (Å²) in [7, 11) is 0. The van der Waals surface area contributed by atoms with Gasteiger partial charge in [0, 0.05) is 17.5 Å². The van der Waals surface area contributed by atoms with Crippen molar-refractivity contribution in [3.05, 3.63) is 23.5 Å². The molecule has 1 saturated heterocycles. The maximum Gasteiger partial charge on any atom is 0.125 e. The van der Waals surface area contributed by atoms with E-state index in [1.165, 1.54) is 0 Å². The lowest BCUT2D eigenvalue weighted by Crippen LogP contribution is -2.33. The van der Waals surface area contributed by atoms with Gasteiger partial charge in [-0.1, -0.05) is 0 Å². The molecule has 1 aliphatic rings. The van der Waals surface area contributed by atoms with Crippen molar-refractivity contribution in [2.24, 2.45) is 0 Å². The average molecular weight is 223 g/mol. The van der Waals surface area contributed by atoms with Crippen LogP contribution in [0.25, 0.3) is 0 Å². The van der Waals surface area contributed by atoms with Crippen LogP contribution in [0.3, 0.4) is 0 Å². The van der Waals surface area contributed by atoms with E-state index in [9.17, 15) is 0 Å². The van der Waals surface area contributed by atoms with Gasteiger partial charge in [-0.15, -0.1) is 0 Å². The number of rotatable bonds is 3. The predicted molar refractivity (Wildman–Crippen MR) is 59.8 cm³/mol. The van der Waals surface area contributed by atoms with E-state index in [4.69, 9.17) is 14.2 Å². The van der Waals surface area contributed by atoms with Crippen LogP contribution in [0.15, 0.2) is 12.3 Å². The van der Waals surface area contributed by atoms with Gasteiger partial charge in [0.2, 0.25) is 0 Å². The first kappa shape index (κ1) is 11.4. The van der Waals surface area contributed by atoms with E-state index >= 15 is 0 Å². The van der Waals surface area contributed by atoms with Crippen molar-refractivity contribution in [3.8, 4) is 5.75 Å². The zero-order chi connectivity index (χ0) is 11.4. The van der Waals surface area contributed by atoms with E-state index in [0.29, 0.717) is 26.4 Å². The van der Waals surface area contributed by atoms with Crippen LogP contribution in [0, 0.1) is 13.8 Å². The van der Waals surface area contributed by atoms with Gasteiger partial charge >= 0.3 is 0 Å². The summed E-state index contributed by atoms with van der Waals surface area (Å²) in [6.45, 7) is 6.47. The lowest BCUT2D eigenvalue weighted by molar-refractivity contribution is -0.101. The molecule has 1 aliphatic heterocycles. The van der Waals surface area contributed by atoms with Gasteiger partial charge in [0.1, 0.15) is 18.5 Å². The molecule has 1 fully saturated rings. The molecule has 2 rings (SSSR count). The highest BCUT2D eigenvalue weighted by Crippen LogP contribution is 2.19. The highest BCUT2D eigenvalue weighted by Gasteiger charge is 2.15. The van der Waals surface area contributed by atoms with Crippen molar-refractivity contribution < 1.29 is 14.2 Å². The van der Waals surface area contributed by atoms with Crippen LogP contribution >= 0.6 is 0 Å². The van der Waals surface area contributed by atoms with Crippen LogP contribution in [0.1, 0.15) is 11.3 Å². The van der Waals surface area contributed by atoms with Crippen LogP contribution in [0.5, 0.6) is 5.75 Å². The Bertz CT molecular complexity index is 348. The molecule has 4 nitrogen and oxygen atoms in total. The Labute approximate surface area is 95.5 Å². The third kappa shape index (κ3) is 2.71. The van der Waals surface area contributed by atoms with Gasteiger partial charge < -0.3 is 14.2 Å². The Morgan fingerprint density at radius 2 is 2.31 bits per heavy atom. The highest BCUT2D eigenvalue weighted by atomic mass is 16.6. The van der Waals surface area contributed by atoms with Gasteiger partial charge in [0.05, 0.1) is 19.8 Å². The second kappa shape index (κ2) is 5.27. The Kier molecular flexibility index (Phi) is 3.74. The minimum absolute atomic E-state index is 0.0432. The van der Waals surface area contributed by atoms with Gasteiger partial charge in [0.25, 0.3) is 0 Å². The normalized spacial score (nSPS) is 20.8. The minimum atomic E-state index is 0.0432. The molecule has 0 aliphatic carbocycles. The lowest BCUT2D eigenvalue weighted by atomic mass is 10.2. The standard InChI is InChI=1S/C12H17NO3/c1-9-10(2)13-4-3-12(9)16-8-11-7-14-5-6-15-11/h3-4,11H,5-8H2,1-2H3. The van der Waals surface area contributed by atoms with Crippen LogP contribution in [0.4, 0.5) is 0 Å². The van der Waals surface area contributed by atoms with Crippen molar-refractivity contribution in [1.29, 1.82) is 0 Å². The van der Waals surface area contributed by atoms with Gasteiger partial charge in [-0.2, -0.15) is 0 Å². The van der Waals surface area contributed by atoms with Crippen LogP contribution in [-0.2, 0) is 9.47 Å². The van der Waals surface area contributed by atoms with Crippen molar-refractivity contribution >= 4 is 0 Å². The van der Waals surface area contributed by atoms with Gasteiger partial charge in [0.15, 0.2) is 0 Å². The molecule has 16 heavy (non-hydrogen) atoms. The number of nitrogens with zero attached hydrogens (tertiary/aromatic N) is 1. The summed E-state index contributed by atoms with van der Waals surface area (Å²) in [5, 5.41) is 0. The molecule has 1 aromatic rings. The Hall–Kier alpha value is -1.13. The molecule has 0 saturated carbocycles. The third-order valence-corrected chi connectivity index (χ3v) is 2.72. The molecule has 1 atom stereocenters. The number of aryl methyl sites for hydroxylation is 1. The molecule has 4 heteroatoms. The second-order valence-corrected chi connectivity index (χ2v) is 3.90. The lowest BCUT2D eigenvalue weighted by Gasteiger charge is -2.23. The minimum Gasteiger partial charge on any atom is -0.490 e. The van der Waals surface area contributed by atoms with E-state index in [-0.39, 0.29) is 6.10 Å². The number of aromatic nitrogens is 1. The highest BCUT2D eigenvalue weighted by molar-refractivity contribution is 5.33. The molecule has 0 aromatic carbocycles. The largest absolute Gasteiger partial charge is 0.490 e. The van der Waals surface area contributed by atoms with E-state index in [0.717, 1.165) is 17.0 Å². The third-order valence-electron chi connectivity index (χ3n) is 2.72. The molecular formula is C12H17NO3. The second-order valence-electron chi connectivity index (χ2n) is 3.90. The molecule has 0 bridgehead atoms. The first-order valence-corrected chi connectivity index (χ1v) is 5.51. The van der Waals surface area contributed by atoms with Crippen LogP contribution < -0.4 is 4.74 Å².